The van der Waals surface area contributed by atoms with Gasteiger partial charge in [0.25, 0.3) is 0 Å². The molecule has 0 heterocycles. The van der Waals surface area contributed by atoms with E-state index in [-0.39, 0.29) is 10.8 Å². The molecule has 1 aromatic rings. The molecule has 0 amide bonds. The van der Waals surface area contributed by atoms with Crippen LogP contribution in [0.4, 0.5) is 0 Å². The number of aliphatic hydroxyl groups excluding tert-OH is 1. The number of sulfonamides is 1. The van der Waals surface area contributed by atoms with E-state index in [1.165, 1.54) is 0 Å². The van der Waals surface area contributed by atoms with Crippen molar-refractivity contribution in [3.05, 3.63) is 40.4 Å². The molecule has 0 aliphatic heterocycles. The topological polar surface area (TPSA) is 66.4 Å². The third-order valence-corrected chi connectivity index (χ3v) is 6.03. The molecule has 1 rings (SSSR count). The Bertz CT molecular complexity index is 610. The molecule has 3 atom stereocenters. The summed E-state index contributed by atoms with van der Waals surface area (Å²) >= 11 is 3.35. The minimum Gasteiger partial charge on any atom is -0.387 e. The first-order valence-electron chi connectivity index (χ1n) is 7.29. The Labute approximate surface area is 141 Å². The minimum absolute atomic E-state index is 0.00436. The molecule has 0 aliphatic rings. The van der Waals surface area contributed by atoms with Gasteiger partial charge in [0.05, 0.1) is 17.0 Å². The van der Waals surface area contributed by atoms with E-state index in [1.807, 2.05) is 20.8 Å². The fourth-order valence-electron chi connectivity index (χ4n) is 2.07. The maximum absolute atomic E-state index is 12.5. The first-order valence-corrected chi connectivity index (χ1v) is 9.56. The minimum atomic E-state index is -3.67. The highest BCUT2D eigenvalue weighted by Gasteiger charge is 2.30. The zero-order valence-corrected chi connectivity index (χ0v) is 15.8. The number of hydrogen-bond donors (Lipinski definition) is 2. The van der Waals surface area contributed by atoms with Gasteiger partial charge in [-0.25, -0.2) is 13.1 Å². The third kappa shape index (κ3) is 4.91. The van der Waals surface area contributed by atoms with Gasteiger partial charge in [0, 0.05) is 0 Å². The van der Waals surface area contributed by atoms with Crippen molar-refractivity contribution in [1.29, 1.82) is 0 Å². The van der Waals surface area contributed by atoms with Gasteiger partial charge >= 0.3 is 0 Å². The zero-order valence-electron chi connectivity index (χ0n) is 13.4. The number of rotatable bonds is 7. The van der Waals surface area contributed by atoms with Crippen LogP contribution in [0.15, 0.2) is 45.3 Å². The van der Waals surface area contributed by atoms with Crippen molar-refractivity contribution in [3.8, 4) is 0 Å². The molecule has 2 N–H and O–H groups in total. The molecule has 6 heteroatoms. The molecule has 124 valence electrons. The number of allylic oxidation sites excluding steroid dienone is 1. The number of hydrogen-bond acceptors (Lipinski definition) is 3. The second kappa shape index (κ2) is 8.24. The Morgan fingerprint density at radius 1 is 1.27 bits per heavy atom. The first kappa shape index (κ1) is 19.4. The molecule has 0 saturated carbocycles. The summed E-state index contributed by atoms with van der Waals surface area (Å²) in [6, 6.07) is 7.62. The van der Waals surface area contributed by atoms with E-state index in [0.717, 1.165) is 16.5 Å². The highest BCUT2D eigenvalue weighted by atomic mass is 79.9. The summed E-state index contributed by atoms with van der Waals surface area (Å²) in [7, 11) is -3.67. The second-order valence-electron chi connectivity index (χ2n) is 5.51. The van der Waals surface area contributed by atoms with Crippen LogP contribution in [0.3, 0.4) is 0 Å². The Morgan fingerprint density at radius 3 is 2.27 bits per heavy atom. The van der Waals surface area contributed by atoms with Gasteiger partial charge in [-0.05, 0) is 42.0 Å². The van der Waals surface area contributed by atoms with E-state index in [9.17, 15) is 13.5 Å². The average molecular weight is 390 g/mol. The molecule has 22 heavy (non-hydrogen) atoms. The molecule has 0 fully saturated rings. The van der Waals surface area contributed by atoms with E-state index in [2.05, 4.69) is 20.7 Å². The van der Waals surface area contributed by atoms with Crippen molar-refractivity contribution >= 4 is 26.0 Å². The molecule has 4 nitrogen and oxygen atoms in total. The first-order chi connectivity index (χ1) is 10.2. The molecule has 0 unspecified atom stereocenters. The van der Waals surface area contributed by atoms with Crippen molar-refractivity contribution in [2.24, 2.45) is 5.92 Å². The number of benzene rings is 1. The Morgan fingerprint density at radius 2 is 1.82 bits per heavy atom. The highest BCUT2D eigenvalue weighted by Crippen LogP contribution is 2.23. The van der Waals surface area contributed by atoms with Crippen molar-refractivity contribution in [2.75, 3.05) is 0 Å². The maximum atomic E-state index is 12.5. The van der Waals surface area contributed by atoms with Gasteiger partial charge < -0.3 is 5.11 Å². The van der Waals surface area contributed by atoms with Crippen LogP contribution in [-0.4, -0.2) is 25.7 Å². The Kier molecular flexibility index (Phi) is 7.25. The summed E-state index contributed by atoms with van der Waals surface area (Å²) in [6.07, 6.45) is -0.124. The lowest BCUT2D eigenvalue weighted by Crippen LogP contribution is -2.47. The van der Waals surface area contributed by atoms with Gasteiger partial charge in [-0.3, -0.25) is 0 Å². The molecule has 0 aromatic heterocycles. The summed E-state index contributed by atoms with van der Waals surface area (Å²) in [4.78, 5) is 0.202. The van der Waals surface area contributed by atoms with Gasteiger partial charge in [-0.15, -0.1) is 0 Å². The number of halogens is 1. The van der Waals surface area contributed by atoms with Crippen LogP contribution in [-0.2, 0) is 10.0 Å². The van der Waals surface area contributed by atoms with E-state index >= 15 is 0 Å². The standard InChI is InChI=1S/C16H24BrNO3S/c1-5-11(2)15(16(19)12(3)13(4)17)18-22(20,21)14-9-7-6-8-10-14/h6-11,15-16,18-19H,5H2,1-4H3/b13-12+/t11-,15-,16-/m0/s1. The fourth-order valence-corrected chi connectivity index (χ4v) is 3.67. The highest BCUT2D eigenvalue weighted by molar-refractivity contribution is 9.11. The molecule has 0 spiro atoms. The second-order valence-corrected chi connectivity index (χ2v) is 8.41. The normalized spacial score (nSPS) is 17.5. The lowest BCUT2D eigenvalue weighted by atomic mass is 9.91. The predicted molar refractivity (Wildman–Crippen MR) is 93.3 cm³/mol. The van der Waals surface area contributed by atoms with Gasteiger partial charge in [0.15, 0.2) is 0 Å². The van der Waals surface area contributed by atoms with Crippen molar-refractivity contribution < 1.29 is 13.5 Å². The number of nitrogens with one attached hydrogen (secondary N) is 1. The smallest absolute Gasteiger partial charge is 0.240 e. The van der Waals surface area contributed by atoms with Crippen molar-refractivity contribution in [2.45, 2.75) is 51.2 Å². The van der Waals surface area contributed by atoms with Crippen LogP contribution in [0.1, 0.15) is 34.1 Å². The van der Waals surface area contributed by atoms with Crippen molar-refractivity contribution in [3.63, 3.8) is 0 Å². The molecule has 0 aliphatic carbocycles. The van der Waals surface area contributed by atoms with Gasteiger partial charge in [0.2, 0.25) is 10.0 Å². The van der Waals surface area contributed by atoms with Crippen LogP contribution in [0, 0.1) is 5.92 Å². The lowest BCUT2D eigenvalue weighted by molar-refractivity contribution is 0.142. The lowest BCUT2D eigenvalue weighted by Gasteiger charge is -2.29. The van der Waals surface area contributed by atoms with E-state index in [1.54, 1.807) is 37.3 Å². The van der Waals surface area contributed by atoms with Crippen LogP contribution in [0.5, 0.6) is 0 Å². The van der Waals surface area contributed by atoms with Gasteiger partial charge in [0.1, 0.15) is 0 Å². The molecular formula is C16H24BrNO3S. The molecule has 0 bridgehead atoms. The molecule has 1 aromatic carbocycles. The monoisotopic (exact) mass is 389 g/mol. The van der Waals surface area contributed by atoms with E-state index in [0.29, 0.717) is 0 Å². The maximum Gasteiger partial charge on any atom is 0.240 e. The summed E-state index contributed by atoms with van der Waals surface area (Å²) in [6.45, 7) is 7.53. The molecular weight excluding hydrogens is 366 g/mol. The molecule has 0 saturated heterocycles. The average Bonchev–Trinajstić information content (AvgIpc) is 2.51. The van der Waals surface area contributed by atoms with Crippen LogP contribution >= 0.6 is 15.9 Å². The number of aliphatic hydroxyl groups is 1. The van der Waals surface area contributed by atoms with E-state index < -0.39 is 22.2 Å². The predicted octanol–water partition coefficient (Wildman–Crippen LogP) is 3.43. The largest absolute Gasteiger partial charge is 0.387 e. The van der Waals surface area contributed by atoms with Crippen LogP contribution < -0.4 is 4.72 Å². The zero-order chi connectivity index (χ0) is 16.9. The Balaban J connectivity index is 3.13. The summed E-state index contributed by atoms with van der Waals surface area (Å²) < 4.78 is 28.5. The third-order valence-electron chi connectivity index (χ3n) is 3.93. The quantitative estimate of drug-likeness (QED) is 0.750. The summed E-state index contributed by atoms with van der Waals surface area (Å²) in [5.74, 6) is -0.00436. The van der Waals surface area contributed by atoms with Gasteiger partial charge in [-0.1, -0.05) is 54.4 Å². The van der Waals surface area contributed by atoms with Crippen molar-refractivity contribution in [1.82, 2.24) is 4.72 Å². The SMILES string of the molecule is CC[C@H](C)[C@H](NS(=O)(=O)c1ccccc1)[C@@H](O)/C(C)=C(\C)Br. The van der Waals surface area contributed by atoms with Crippen LogP contribution in [0.25, 0.3) is 0 Å². The van der Waals surface area contributed by atoms with Crippen LogP contribution in [0.2, 0.25) is 0 Å². The summed E-state index contributed by atoms with van der Waals surface area (Å²) in [5, 5.41) is 10.5. The van der Waals surface area contributed by atoms with Gasteiger partial charge in [-0.2, -0.15) is 0 Å². The Hall–Kier alpha value is -0.690. The fraction of sp³-hybridized carbons (Fsp3) is 0.500. The summed E-state index contributed by atoms with van der Waals surface area (Å²) in [5.41, 5.74) is 0.723. The van der Waals surface area contributed by atoms with E-state index in [4.69, 9.17) is 0 Å². The molecule has 0 radical (unpaired) electrons.